The summed E-state index contributed by atoms with van der Waals surface area (Å²) in [7, 11) is -2.46. The third-order valence-electron chi connectivity index (χ3n) is 5.61. The molecule has 30 heavy (non-hydrogen) atoms. The van der Waals surface area contributed by atoms with Gasteiger partial charge in [0.05, 0.1) is 30.7 Å². The minimum Gasteiger partial charge on any atom is -0.469 e. The van der Waals surface area contributed by atoms with Gasteiger partial charge in [0.25, 0.3) is 10.0 Å². The molecule has 0 unspecified atom stereocenters. The number of carbonyl (C=O) groups is 2. The first kappa shape index (κ1) is 20.2. The molecule has 0 saturated heterocycles. The number of aromatic nitrogens is 1. The van der Waals surface area contributed by atoms with Crippen molar-refractivity contribution in [1.82, 2.24) is 4.57 Å². The van der Waals surface area contributed by atoms with Gasteiger partial charge in [-0.05, 0) is 37.4 Å². The second-order valence-electron chi connectivity index (χ2n) is 7.33. The van der Waals surface area contributed by atoms with Crippen molar-refractivity contribution in [2.75, 3.05) is 18.0 Å². The molecule has 4 rings (SSSR count). The Hall–Kier alpha value is -3.13. The number of hydrogen-bond donors (Lipinski definition) is 0. The lowest BCUT2D eigenvalue weighted by Gasteiger charge is -2.18. The van der Waals surface area contributed by atoms with Crippen LogP contribution in [0.4, 0.5) is 5.69 Å². The first-order valence-corrected chi connectivity index (χ1v) is 11.0. The van der Waals surface area contributed by atoms with E-state index in [1.807, 2.05) is 23.6 Å². The molecule has 0 bridgehead atoms. The Morgan fingerprint density at radius 1 is 1.07 bits per heavy atom. The lowest BCUT2D eigenvalue weighted by atomic mass is 10.1. The molecule has 0 atom stereocenters. The zero-order valence-electron chi connectivity index (χ0n) is 17.0. The summed E-state index contributed by atoms with van der Waals surface area (Å²) in [6, 6.07) is 12.3. The number of esters is 1. The van der Waals surface area contributed by atoms with Crippen LogP contribution in [0.5, 0.6) is 0 Å². The Kier molecular flexibility index (Phi) is 4.89. The summed E-state index contributed by atoms with van der Waals surface area (Å²) in [6.45, 7) is 3.76. The van der Waals surface area contributed by atoms with Crippen LogP contribution in [0, 0.1) is 13.8 Å². The predicted molar refractivity (Wildman–Crippen MR) is 113 cm³/mol. The maximum Gasteiger partial charge on any atom is 0.307 e. The van der Waals surface area contributed by atoms with Crippen molar-refractivity contribution in [2.45, 2.75) is 31.7 Å². The Morgan fingerprint density at radius 2 is 1.77 bits per heavy atom. The third kappa shape index (κ3) is 3.08. The summed E-state index contributed by atoms with van der Waals surface area (Å²) >= 11 is 0. The van der Waals surface area contributed by atoms with Gasteiger partial charge in [-0.15, -0.1) is 0 Å². The highest BCUT2D eigenvalue weighted by molar-refractivity contribution is 7.93. The minimum absolute atomic E-state index is 0.193. The van der Waals surface area contributed by atoms with E-state index < -0.39 is 10.0 Å². The largest absolute Gasteiger partial charge is 0.469 e. The fraction of sp³-hybridized carbons (Fsp3) is 0.273. The van der Waals surface area contributed by atoms with Crippen molar-refractivity contribution in [3.05, 3.63) is 59.4 Å². The zero-order valence-corrected chi connectivity index (χ0v) is 17.8. The summed E-state index contributed by atoms with van der Waals surface area (Å²) in [4.78, 5) is 24.8. The average Bonchev–Trinajstić information content (AvgIpc) is 3.13. The standard InChI is InChI=1S/C22H22N2O5S/c1-14-12-17(15(2)23(14)11-10-21(26)29-3)19(25)13-24-18-8-4-6-16-7-5-9-20(22(16)18)30(24,27)28/h4-9,12H,10-11,13H2,1-3H3. The molecule has 0 aliphatic carbocycles. The van der Waals surface area contributed by atoms with Crippen molar-refractivity contribution in [3.8, 4) is 0 Å². The number of nitrogens with zero attached hydrogens (tertiary/aromatic N) is 2. The highest BCUT2D eigenvalue weighted by Gasteiger charge is 2.37. The third-order valence-corrected chi connectivity index (χ3v) is 7.41. The maximum atomic E-state index is 13.1. The van der Waals surface area contributed by atoms with Crippen LogP contribution in [-0.4, -0.2) is 38.4 Å². The Labute approximate surface area is 174 Å². The first-order valence-electron chi connectivity index (χ1n) is 9.57. The number of rotatable bonds is 6. The van der Waals surface area contributed by atoms with E-state index in [4.69, 9.17) is 0 Å². The number of hydrogen-bond acceptors (Lipinski definition) is 5. The van der Waals surface area contributed by atoms with E-state index in [9.17, 15) is 18.0 Å². The van der Waals surface area contributed by atoms with Gasteiger partial charge in [-0.2, -0.15) is 0 Å². The van der Waals surface area contributed by atoms with Crippen LogP contribution in [0.1, 0.15) is 28.2 Å². The summed E-state index contributed by atoms with van der Waals surface area (Å²) in [6.07, 6.45) is 0.193. The van der Waals surface area contributed by atoms with E-state index in [1.54, 1.807) is 37.3 Å². The van der Waals surface area contributed by atoms with Gasteiger partial charge in [0.15, 0.2) is 5.78 Å². The number of aryl methyl sites for hydroxylation is 1. The monoisotopic (exact) mass is 426 g/mol. The van der Waals surface area contributed by atoms with Crippen LogP contribution in [0.2, 0.25) is 0 Å². The molecule has 0 fully saturated rings. The van der Waals surface area contributed by atoms with E-state index in [0.29, 0.717) is 28.9 Å². The number of benzene rings is 2. The van der Waals surface area contributed by atoms with Gasteiger partial charge in [0, 0.05) is 28.9 Å². The summed E-state index contributed by atoms with van der Waals surface area (Å²) in [5.41, 5.74) is 2.51. The van der Waals surface area contributed by atoms with Crippen LogP contribution >= 0.6 is 0 Å². The van der Waals surface area contributed by atoms with Gasteiger partial charge in [-0.25, -0.2) is 8.42 Å². The molecule has 8 heteroatoms. The van der Waals surface area contributed by atoms with E-state index in [2.05, 4.69) is 4.74 Å². The molecule has 3 aromatic rings. The van der Waals surface area contributed by atoms with Crippen LogP contribution in [-0.2, 0) is 26.1 Å². The Bertz CT molecular complexity index is 1290. The molecule has 0 N–H and O–H groups in total. The Morgan fingerprint density at radius 3 is 2.47 bits per heavy atom. The second kappa shape index (κ2) is 7.28. The van der Waals surface area contributed by atoms with Crippen LogP contribution in [0.15, 0.2) is 47.4 Å². The van der Waals surface area contributed by atoms with E-state index in [-0.39, 0.29) is 29.6 Å². The molecular formula is C22H22N2O5S. The maximum absolute atomic E-state index is 13.1. The van der Waals surface area contributed by atoms with Crippen LogP contribution < -0.4 is 4.31 Å². The molecule has 2 heterocycles. The number of ketones is 1. The molecule has 2 aromatic carbocycles. The topological polar surface area (TPSA) is 85.7 Å². The molecule has 0 saturated carbocycles. The lowest BCUT2D eigenvalue weighted by molar-refractivity contribution is -0.140. The second-order valence-corrected chi connectivity index (χ2v) is 9.16. The normalized spacial score (nSPS) is 14.3. The molecule has 0 amide bonds. The summed E-state index contributed by atoms with van der Waals surface area (Å²) < 4.78 is 34.0. The molecule has 7 nitrogen and oxygen atoms in total. The minimum atomic E-state index is -3.80. The number of sulfonamides is 1. The molecule has 1 aliphatic heterocycles. The highest BCUT2D eigenvalue weighted by atomic mass is 32.2. The molecule has 0 radical (unpaired) electrons. The van der Waals surface area contributed by atoms with E-state index in [1.165, 1.54) is 11.4 Å². The smallest absolute Gasteiger partial charge is 0.307 e. The highest BCUT2D eigenvalue weighted by Crippen LogP contribution is 2.42. The van der Waals surface area contributed by atoms with Crippen molar-refractivity contribution >= 4 is 38.2 Å². The van der Waals surface area contributed by atoms with Crippen LogP contribution in [0.25, 0.3) is 10.8 Å². The van der Waals surface area contributed by atoms with Gasteiger partial charge < -0.3 is 9.30 Å². The zero-order chi connectivity index (χ0) is 21.6. The number of Topliss-reactive ketones (excluding diaryl/α,β-unsaturated/α-hetero) is 1. The van der Waals surface area contributed by atoms with E-state index >= 15 is 0 Å². The number of carbonyl (C=O) groups excluding carboxylic acids is 2. The van der Waals surface area contributed by atoms with Gasteiger partial charge in [0.1, 0.15) is 0 Å². The predicted octanol–water partition coefficient (Wildman–Crippen LogP) is 3.21. The quantitative estimate of drug-likeness (QED) is 0.446. The van der Waals surface area contributed by atoms with Gasteiger partial charge in [-0.1, -0.05) is 24.3 Å². The molecule has 1 aromatic heterocycles. The lowest BCUT2D eigenvalue weighted by Crippen LogP contribution is -2.33. The fourth-order valence-corrected chi connectivity index (χ4v) is 5.74. The SMILES string of the molecule is COC(=O)CCn1c(C)cc(C(=O)CN2c3cccc4cccc(c34)S2(=O)=O)c1C. The summed E-state index contributed by atoms with van der Waals surface area (Å²) in [5.74, 6) is -0.620. The Balaban J connectivity index is 1.66. The van der Waals surface area contributed by atoms with Gasteiger partial charge >= 0.3 is 5.97 Å². The van der Waals surface area contributed by atoms with E-state index in [0.717, 1.165) is 11.1 Å². The van der Waals surface area contributed by atoms with Crippen molar-refractivity contribution in [3.63, 3.8) is 0 Å². The summed E-state index contributed by atoms with van der Waals surface area (Å²) in [5, 5.41) is 1.47. The number of methoxy groups -OCH3 is 1. The molecule has 1 aliphatic rings. The van der Waals surface area contributed by atoms with Crippen LogP contribution in [0.3, 0.4) is 0 Å². The van der Waals surface area contributed by atoms with Crippen molar-refractivity contribution < 1.29 is 22.7 Å². The number of anilines is 1. The molecule has 156 valence electrons. The van der Waals surface area contributed by atoms with Crippen molar-refractivity contribution in [1.29, 1.82) is 0 Å². The van der Waals surface area contributed by atoms with Crippen molar-refractivity contribution in [2.24, 2.45) is 0 Å². The molecular weight excluding hydrogens is 404 g/mol. The first-order chi connectivity index (χ1) is 14.3. The van der Waals surface area contributed by atoms with Gasteiger partial charge in [0.2, 0.25) is 0 Å². The molecule has 0 spiro atoms. The fourth-order valence-electron chi connectivity index (χ4n) is 4.08. The number of ether oxygens (including phenoxy) is 1. The van der Waals surface area contributed by atoms with Gasteiger partial charge in [-0.3, -0.25) is 13.9 Å². The average molecular weight is 426 g/mol.